The fourth-order valence-electron chi connectivity index (χ4n) is 11.8. The molecule has 4 saturated carbocycles. The van der Waals surface area contributed by atoms with E-state index in [1.165, 1.54) is 86.5 Å². The van der Waals surface area contributed by atoms with E-state index in [0.29, 0.717) is 23.0 Å². The van der Waals surface area contributed by atoms with E-state index in [2.05, 4.69) is 97.1 Å². The second-order valence-electron chi connectivity index (χ2n) is 17.9. The van der Waals surface area contributed by atoms with E-state index >= 15 is 0 Å². The quantitative estimate of drug-likeness (QED) is 0.161. The molecule has 2 unspecified atom stereocenters. The van der Waals surface area contributed by atoms with Crippen LogP contribution in [0.2, 0.25) is 0 Å². The molecule has 4 fully saturated rings. The van der Waals surface area contributed by atoms with Crippen molar-refractivity contribution >= 4 is 31.5 Å². The van der Waals surface area contributed by atoms with Crippen LogP contribution in [0.1, 0.15) is 55.2 Å². The summed E-state index contributed by atoms with van der Waals surface area (Å²) >= 11 is 1.84. The molecule has 0 aliphatic heterocycles. The van der Waals surface area contributed by atoms with Crippen molar-refractivity contribution < 1.29 is 0 Å². The molecule has 2 atom stereocenters. The first kappa shape index (κ1) is 36.1. The maximum Gasteiger partial charge on any atom is 0.164 e. The minimum absolute atomic E-state index is 0.234. The first-order valence-electron chi connectivity index (χ1n) is 21.6. The minimum Gasteiger partial charge on any atom is -0.208 e. The fraction of sp³-hybridized carbons (Fsp3) is 0.179. The summed E-state index contributed by atoms with van der Waals surface area (Å²) in [6.45, 7) is 0. The van der Waals surface area contributed by atoms with Gasteiger partial charge in [-0.2, -0.15) is 5.26 Å². The number of thiophene rings is 1. The number of nitriles is 1. The van der Waals surface area contributed by atoms with Crippen LogP contribution in [0.15, 0.2) is 170 Å². The molecular formula is C56H42N4S. The Morgan fingerprint density at radius 1 is 0.443 bits per heavy atom. The Morgan fingerprint density at radius 2 is 0.885 bits per heavy atom. The molecule has 0 saturated heterocycles. The van der Waals surface area contributed by atoms with Gasteiger partial charge < -0.3 is 0 Å². The minimum atomic E-state index is 0.234. The maximum atomic E-state index is 9.45. The normalized spacial score (nSPS) is 21.5. The Balaban J connectivity index is 0.835. The molecule has 0 amide bonds. The standard InChI is InChI=1S/C56H42N4S/c57-34-36-8-7-13-43(27-36)39-14-20-46(21-15-39)55-30-37-26-38(31-55)33-56(32-37,35-55)47-22-16-40(17-23-47)44-18-24-48-49-25-19-45(29-51(49)61-50(48)28-44)54-59-52(41-9-3-1-4-10-41)58-53(60-54)42-11-5-2-6-12-42/h1-25,27-29,37-38H,26,30-33,35H2. The van der Waals surface area contributed by atoms with Crippen molar-refractivity contribution in [1.82, 2.24) is 15.0 Å². The molecule has 61 heavy (non-hydrogen) atoms. The third-order valence-electron chi connectivity index (χ3n) is 14.1. The van der Waals surface area contributed by atoms with Crippen LogP contribution in [0, 0.1) is 23.2 Å². The molecule has 2 heterocycles. The Morgan fingerprint density at radius 3 is 1.41 bits per heavy atom. The zero-order valence-corrected chi connectivity index (χ0v) is 34.6. The van der Waals surface area contributed by atoms with E-state index < -0.39 is 0 Å². The maximum absolute atomic E-state index is 9.45. The number of hydrogen-bond donors (Lipinski definition) is 0. The second kappa shape index (κ2) is 14.2. The predicted octanol–water partition coefficient (Wildman–Crippen LogP) is 14.2. The number of hydrogen-bond acceptors (Lipinski definition) is 5. The molecule has 4 aliphatic rings. The number of rotatable bonds is 7. The van der Waals surface area contributed by atoms with Crippen LogP contribution in [0.3, 0.4) is 0 Å². The average Bonchev–Trinajstić information content (AvgIpc) is 3.69. The van der Waals surface area contributed by atoms with Crippen LogP contribution in [0.5, 0.6) is 0 Å². The van der Waals surface area contributed by atoms with Gasteiger partial charge in [0.15, 0.2) is 17.5 Å². The van der Waals surface area contributed by atoms with Crippen molar-refractivity contribution in [3.05, 3.63) is 187 Å². The van der Waals surface area contributed by atoms with Crippen LogP contribution in [0.4, 0.5) is 0 Å². The van der Waals surface area contributed by atoms with Crippen LogP contribution in [0.25, 0.3) is 76.6 Å². The SMILES string of the molecule is N#Cc1cccc(-c2ccc(C34CC5CC(C3)CC(c3ccc(-c6ccc7c(c6)sc6cc(-c8nc(-c9ccccc9)nc(-c9ccccc9)n8)ccc67)cc3)(C5)C4)cc2)c1. The number of fused-ring (bicyclic) bond motifs is 3. The third kappa shape index (κ3) is 6.28. The van der Waals surface area contributed by atoms with Gasteiger partial charge in [-0.05, 0) is 119 Å². The second-order valence-corrected chi connectivity index (χ2v) is 19.0. The van der Waals surface area contributed by atoms with Gasteiger partial charge in [0.05, 0.1) is 11.6 Å². The Kier molecular flexibility index (Phi) is 8.40. The van der Waals surface area contributed by atoms with Gasteiger partial charge in [0.1, 0.15) is 0 Å². The van der Waals surface area contributed by atoms with Crippen molar-refractivity contribution in [2.24, 2.45) is 11.8 Å². The zero-order chi connectivity index (χ0) is 40.5. The highest BCUT2D eigenvalue weighted by molar-refractivity contribution is 7.25. The fourth-order valence-corrected chi connectivity index (χ4v) is 13.0. The summed E-state index contributed by atoms with van der Waals surface area (Å²) in [6.07, 6.45) is 7.86. The summed E-state index contributed by atoms with van der Waals surface area (Å²) in [5.74, 6) is 3.59. The Bertz CT molecular complexity index is 3090. The number of nitrogens with zero attached hydrogens (tertiary/aromatic N) is 4. The van der Waals surface area contributed by atoms with E-state index in [-0.39, 0.29) is 10.8 Å². The summed E-state index contributed by atoms with van der Waals surface area (Å²) in [5.41, 5.74) is 12.0. The van der Waals surface area contributed by atoms with Gasteiger partial charge in [-0.15, -0.1) is 11.3 Å². The molecule has 13 rings (SSSR count). The molecule has 4 nitrogen and oxygen atoms in total. The van der Waals surface area contributed by atoms with Gasteiger partial charge in [-0.3, -0.25) is 0 Å². The highest BCUT2D eigenvalue weighted by Gasteiger charge is 2.58. The Hall–Kier alpha value is -6.74. The van der Waals surface area contributed by atoms with Crippen molar-refractivity contribution in [1.29, 1.82) is 5.26 Å². The topological polar surface area (TPSA) is 62.5 Å². The lowest BCUT2D eigenvalue weighted by molar-refractivity contribution is -0.0281. The largest absolute Gasteiger partial charge is 0.208 e. The summed E-state index contributed by atoms with van der Waals surface area (Å²) < 4.78 is 2.51. The highest BCUT2D eigenvalue weighted by atomic mass is 32.1. The molecule has 292 valence electrons. The molecule has 0 N–H and O–H groups in total. The lowest BCUT2D eigenvalue weighted by atomic mass is 9.41. The lowest BCUT2D eigenvalue weighted by Crippen LogP contribution is -2.55. The van der Waals surface area contributed by atoms with Crippen molar-refractivity contribution in [2.75, 3.05) is 0 Å². The smallest absolute Gasteiger partial charge is 0.164 e. The van der Waals surface area contributed by atoms with Gasteiger partial charge in [-0.25, -0.2) is 15.0 Å². The van der Waals surface area contributed by atoms with Crippen LogP contribution < -0.4 is 0 Å². The monoisotopic (exact) mass is 802 g/mol. The molecule has 4 bridgehead atoms. The summed E-state index contributed by atoms with van der Waals surface area (Å²) in [5, 5.41) is 12.0. The predicted molar refractivity (Wildman–Crippen MR) is 249 cm³/mol. The summed E-state index contributed by atoms with van der Waals surface area (Å²) in [7, 11) is 0. The zero-order valence-electron chi connectivity index (χ0n) is 33.8. The van der Waals surface area contributed by atoms with Crippen molar-refractivity contribution in [3.8, 4) is 62.5 Å². The number of benzene rings is 7. The van der Waals surface area contributed by atoms with E-state index in [9.17, 15) is 5.26 Å². The van der Waals surface area contributed by atoms with Gasteiger partial charge >= 0.3 is 0 Å². The van der Waals surface area contributed by atoms with Gasteiger partial charge in [0.25, 0.3) is 0 Å². The highest BCUT2D eigenvalue weighted by Crippen LogP contribution is 2.66. The molecule has 5 heteroatoms. The van der Waals surface area contributed by atoms with Crippen LogP contribution >= 0.6 is 11.3 Å². The lowest BCUT2D eigenvalue weighted by Gasteiger charge is -2.63. The molecule has 0 radical (unpaired) electrons. The molecular weight excluding hydrogens is 761 g/mol. The van der Waals surface area contributed by atoms with Gasteiger partial charge in [-0.1, -0.05) is 146 Å². The molecule has 4 aliphatic carbocycles. The number of aromatic nitrogens is 3. The third-order valence-corrected chi connectivity index (χ3v) is 15.3. The average molecular weight is 803 g/mol. The van der Waals surface area contributed by atoms with Crippen molar-refractivity contribution in [2.45, 2.75) is 49.4 Å². The molecule has 2 aromatic heterocycles. The molecule has 0 spiro atoms. The molecule has 7 aromatic carbocycles. The van der Waals surface area contributed by atoms with E-state index in [0.717, 1.165) is 34.1 Å². The van der Waals surface area contributed by atoms with E-state index in [4.69, 9.17) is 15.0 Å². The van der Waals surface area contributed by atoms with Gasteiger partial charge in [0, 0.05) is 36.9 Å². The van der Waals surface area contributed by atoms with Gasteiger partial charge in [0.2, 0.25) is 0 Å². The Labute approximate surface area is 360 Å². The first-order chi connectivity index (χ1) is 30.0. The van der Waals surface area contributed by atoms with Crippen LogP contribution in [-0.2, 0) is 10.8 Å². The van der Waals surface area contributed by atoms with E-state index in [1.54, 1.807) is 0 Å². The summed E-state index contributed by atoms with van der Waals surface area (Å²) in [6, 6.07) is 63.2. The summed E-state index contributed by atoms with van der Waals surface area (Å²) in [4.78, 5) is 14.9. The first-order valence-corrected chi connectivity index (χ1v) is 22.4. The van der Waals surface area contributed by atoms with Crippen LogP contribution in [-0.4, -0.2) is 15.0 Å². The van der Waals surface area contributed by atoms with E-state index in [1.807, 2.05) is 90.2 Å². The van der Waals surface area contributed by atoms with Crippen molar-refractivity contribution in [3.63, 3.8) is 0 Å². The molecule has 9 aromatic rings.